The van der Waals surface area contributed by atoms with Gasteiger partial charge >= 0.3 is 0 Å². The zero-order valence-electron chi connectivity index (χ0n) is 11.7. The summed E-state index contributed by atoms with van der Waals surface area (Å²) in [6.07, 6.45) is 1.73. The van der Waals surface area contributed by atoms with Crippen molar-refractivity contribution in [2.45, 2.75) is 26.3 Å². The predicted octanol–water partition coefficient (Wildman–Crippen LogP) is 3.38. The van der Waals surface area contributed by atoms with E-state index in [0.29, 0.717) is 12.4 Å². The third-order valence-electron chi connectivity index (χ3n) is 2.71. The molecule has 2 rings (SSSR count). The summed E-state index contributed by atoms with van der Waals surface area (Å²) in [5.74, 6) is 2.51. The first-order chi connectivity index (χ1) is 9.58. The minimum Gasteiger partial charge on any atom is -0.481 e. The highest BCUT2D eigenvalue weighted by Gasteiger charge is 2.07. The largest absolute Gasteiger partial charge is 0.481 e. The van der Waals surface area contributed by atoms with Crippen LogP contribution >= 0.6 is 15.9 Å². The first kappa shape index (κ1) is 14.7. The van der Waals surface area contributed by atoms with Gasteiger partial charge in [-0.2, -0.15) is 0 Å². The molecule has 0 atom stereocenters. The van der Waals surface area contributed by atoms with E-state index in [1.165, 1.54) is 0 Å². The average molecular weight is 337 g/mol. The SMILES string of the molecule is COc1cc(CNc2cc(Br)nc(C(C)C)n2)ccn1. The van der Waals surface area contributed by atoms with E-state index < -0.39 is 0 Å². The van der Waals surface area contributed by atoms with Crippen LogP contribution in [-0.2, 0) is 6.54 Å². The molecule has 2 aromatic rings. The highest BCUT2D eigenvalue weighted by atomic mass is 79.9. The summed E-state index contributed by atoms with van der Waals surface area (Å²) in [6.45, 7) is 4.79. The molecule has 0 radical (unpaired) electrons. The van der Waals surface area contributed by atoms with E-state index in [4.69, 9.17) is 4.74 Å². The third kappa shape index (κ3) is 3.90. The molecule has 0 saturated carbocycles. The number of pyridine rings is 1. The molecular formula is C14H17BrN4O. The van der Waals surface area contributed by atoms with Crippen LogP contribution in [0.3, 0.4) is 0 Å². The van der Waals surface area contributed by atoms with Gasteiger partial charge in [-0.25, -0.2) is 15.0 Å². The molecule has 0 aliphatic rings. The van der Waals surface area contributed by atoms with Crippen molar-refractivity contribution in [3.05, 3.63) is 40.4 Å². The third-order valence-corrected chi connectivity index (χ3v) is 3.12. The fourth-order valence-electron chi connectivity index (χ4n) is 1.65. The number of nitrogens with one attached hydrogen (secondary N) is 1. The molecule has 0 aromatic carbocycles. The number of methoxy groups -OCH3 is 1. The number of aromatic nitrogens is 3. The number of anilines is 1. The maximum atomic E-state index is 5.10. The summed E-state index contributed by atoms with van der Waals surface area (Å²) in [4.78, 5) is 12.9. The van der Waals surface area contributed by atoms with E-state index >= 15 is 0 Å². The van der Waals surface area contributed by atoms with Gasteiger partial charge in [0.05, 0.1) is 7.11 Å². The van der Waals surface area contributed by atoms with E-state index in [-0.39, 0.29) is 5.92 Å². The van der Waals surface area contributed by atoms with Gasteiger partial charge in [0.2, 0.25) is 5.88 Å². The normalized spacial score (nSPS) is 10.7. The molecule has 0 unspecified atom stereocenters. The molecule has 0 saturated heterocycles. The Morgan fingerprint density at radius 1 is 1.30 bits per heavy atom. The Morgan fingerprint density at radius 2 is 2.10 bits per heavy atom. The van der Waals surface area contributed by atoms with E-state index in [1.54, 1.807) is 13.3 Å². The number of ether oxygens (including phenoxy) is 1. The van der Waals surface area contributed by atoms with Gasteiger partial charge in [0.25, 0.3) is 0 Å². The molecule has 2 heterocycles. The Balaban J connectivity index is 2.10. The number of nitrogens with zero attached hydrogens (tertiary/aromatic N) is 3. The highest BCUT2D eigenvalue weighted by molar-refractivity contribution is 9.10. The summed E-state index contributed by atoms with van der Waals surface area (Å²) in [7, 11) is 1.61. The lowest BCUT2D eigenvalue weighted by atomic mass is 10.2. The zero-order chi connectivity index (χ0) is 14.5. The van der Waals surface area contributed by atoms with Gasteiger partial charge in [0.1, 0.15) is 16.2 Å². The van der Waals surface area contributed by atoms with Crippen LogP contribution in [0.4, 0.5) is 5.82 Å². The molecule has 6 heteroatoms. The topological polar surface area (TPSA) is 59.9 Å². The summed E-state index contributed by atoms with van der Waals surface area (Å²) < 4.78 is 5.89. The van der Waals surface area contributed by atoms with E-state index in [9.17, 15) is 0 Å². The van der Waals surface area contributed by atoms with Crippen LogP contribution in [0.5, 0.6) is 5.88 Å². The summed E-state index contributed by atoms with van der Waals surface area (Å²) in [5, 5.41) is 3.28. The number of hydrogen-bond donors (Lipinski definition) is 1. The summed E-state index contributed by atoms with van der Waals surface area (Å²) >= 11 is 3.41. The van der Waals surface area contributed by atoms with Gasteiger partial charge in [-0.15, -0.1) is 0 Å². The monoisotopic (exact) mass is 336 g/mol. The standard InChI is InChI=1S/C14H17BrN4O/c1-9(2)14-18-11(15)7-12(19-14)17-8-10-4-5-16-13(6-10)20-3/h4-7,9H,8H2,1-3H3,(H,17,18,19). The van der Waals surface area contributed by atoms with Crippen molar-refractivity contribution in [3.8, 4) is 5.88 Å². The Kier molecular flexibility index (Phi) is 4.89. The van der Waals surface area contributed by atoms with Crippen LogP contribution in [0.15, 0.2) is 29.0 Å². The maximum Gasteiger partial charge on any atom is 0.213 e. The molecule has 0 aliphatic carbocycles. The molecule has 106 valence electrons. The fourth-order valence-corrected chi connectivity index (χ4v) is 2.05. The van der Waals surface area contributed by atoms with E-state index in [1.807, 2.05) is 18.2 Å². The first-order valence-electron chi connectivity index (χ1n) is 6.35. The summed E-state index contributed by atoms with van der Waals surface area (Å²) in [5.41, 5.74) is 1.08. The van der Waals surface area contributed by atoms with Crippen LogP contribution in [0.2, 0.25) is 0 Å². The number of halogens is 1. The smallest absolute Gasteiger partial charge is 0.213 e. The Hall–Kier alpha value is -1.69. The maximum absolute atomic E-state index is 5.10. The molecule has 1 N–H and O–H groups in total. The van der Waals surface area contributed by atoms with Gasteiger partial charge in [0.15, 0.2) is 0 Å². The minimum absolute atomic E-state index is 0.286. The Labute approximate surface area is 127 Å². The van der Waals surface area contributed by atoms with Gasteiger partial charge < -0.3 is 10.1 Å². The van der Waals surface area contributed by atoms with Crippen LogP contribution < -0.4 is 10.1 Å². The quantitative estimate of drug-likeness (QED) is 0.848. The van der Waals surface area contributed by atoms with Crippen LogP contribution in [-0.4, -0.2) is 22.1 Å². The zero-order valence-corrected chi connectivity index (χ0v) is 13.3. The molecule has 0 spiro atoms. The van der Waals surface area contributed by atoms with Gasteiger partial charge in [-0.1, -0.05) is 13.8 Å². The second kappa shape index (κ2) is 6.65. The van der Waals surface area contributed by atoms with Crippen LogP contribution in [0.1, 0.15) is 31.2 Å². The van der Waals surface area contributed by atoms with Crippen molar-refractivity contribution in [1.29, 1.82) is 0 Å². The van der Waals surface area contributed by atoms with Crippen molar-refractivity contribution in [2.75, 3.05) is 12.4 Å². The van der Waals surface area contributed by atoms with Crippen molar-refractivity contribution in [1.82, 2.24) is 15.0 Å². The molecule has 20 heavy (non-hydrogen) atoms. The van der Waals surface area contributed by atoms with Crippen molar-refractivity contribution in [2.24, 2.45) is 0 Å². The molecule has 0 amide bonds. The highest BCUT2D eigenvalue weighted by Crippen LogP contribution is 2.18. The van der Waals surface area contributed by atoms with Gasteiger partial charge in [-0.3, -0.25) is 0 Å². The average Bonchev–Trinajstić information content (AvgIpc) is 2.44. The van der Waals surface area contributed by atoms with Crippen molar-refractivity contribution < 1.29 is 4.74 Å². The van der Waals surface area contributed by atoms with Gasteiger partial charge in [-0.05, 0) is 27.6 Å². The predicted molar refractivity (Wildman–Crippen MR) is 81.9 cm³/mol. The minimum atomic E-state index is 0.286. The van der Waals surface area contributed by atoms with Gasteiger partial charge in [0, 0.05) is 30.8 Å². The number of hydrogen-bond acceptors (Lipinski definition) is 5. The lowest BCUT2D eigenvalue weighted by Gasteiger charge is -2.10. The molecule has 0 aliphatic heterocycles. The van der Waals surface area contributed by atoms with Crippen molar-refractivity contribution in [3.63, 3.8) is 0 Å². The molecule has 0 fully saturated rings. The molecule has 0 bridgehead atoms. The van der Waals surface area contributed by atoms with Crippen LogP contribution in [0.25, 0.3) is 0 Å². The molecular weight excluding hydrogens is 320 g/mol. The lowest BCUT2D eigenvalue weighted by molar-refractivity contribution is 0.397. The molecule has 2 aromatic heterocycles. The first-order valence-corrected chi connectivity index (χ1v) is 7.15. The second-order valence-corrected chi connectivity index (χ2v) is 5.46. The second-order valence-electron chi connectivity index (χ2n) is 4.65. The van der Waals surface area contributed by atoms with E-state index in [0.717, 1.165) is 21.8 Å². The number of rotatable bonds is 5. The lowest BCUT2D eigenvalue weighted by Crippen LogP contribution is -2.06. The van der Waals surface area contributed by atoms with E-state index in [2.05, 4.69) is 50.0 Å². The van der Waals surface area contributed by atoms with Crippen LogP contribution in [0, 0.1) is 0 Å². The summed E-state index contributed by atoms with van der Waals surface area (Å²) in [6, 6.07) is 5.70. The molecule has 5 nitrogen and oxygen atoms in total. The van der Waals surface area contributed by atoms with Crippen molar-refractivity contribution >= 4 is 21.7 Å². The Bertz CT molecular complexity index is 589. The Morgan fingerprint density at radius 3 is 2.80 bits per heavy atom. The fraction of sp³-hybridized carbons (Fsp3) is 0.357.